The van der Waals surface area contributed by atoms with Crippen LogP contribution in [0.1, 0.15) is 5.56 Å². The summed E-state index contributed by atoms with van der Waals surface area (Å²) in [6.07, 6.45) is 0. The smallest absolute Gasteiger partial charge is 0.164 e. The van der Waals surface area contributed by atoms with Crippen molar-refractivity contribution >= 4 is 32.7 Å². The highest BCUT2D eigenvalue weighted by molar-refractivity contribution is 6.13. The van der Waals surface area contributed by atoms with Crippen molar-refractivity contribution in [3.63, 3.8) is 0 Å². The topological polar surface area (TPSA) is 51.8 Å². The van der Waals surface area contributed by atoms with E-state index in [0.717, 1.165) is 60.5 Å². The molecule has 10 rings (SSSR count). The van der Waals surface area contributed by atoms with Crippen LogP contribution in [0.2, 0.25) is 0 Å². The van der Waals surface area contributed by atoms with E-state index < -0.39 is 0 Å². The molecule has 2 heterocycles. The molecule has 0 atom stereocenters. The van der Waals surface area contributed by atoms with Gasteiger partial charge in [0, 0.05) is 27.5 Å². The molecule has 0 bridgehead atoms. The maximum Gasteiger partial charge on any atom is 0.164 e. The normalized spacial score (nSPS) is 11.4. The summed E-state index contributed by atoms with van der Waals surface area (Å²) in [6.45, 7) is 2.13. The summed E-state index contributed by atoms with van der Waals surface area (Å²) in [5, 5.41) is 4.38. The van der Waals surface area contributed by atoms with Gasteiger partial charge < -0.3 is 4.42 Å². The van der Waals surface area contributed by atoms with Crippen molar-refractivity contribution in [3.8, 4) is 67.5 Å². The number of nitrogens with zero attached hydrogens (tertiary/aromatic N) is 3. The average molecular weight is 692 g/mol. The largest absolute Gasteiger partial charge is 0.456 e. The van der Waals surface area contributed by atoms with E-state index in [1.807, 2.05) is 42.5 Å². The number of benzene rings is 8. The summed E-state index contributed by atoms with van der Waals surface area (Å²) in [6, 6.07) is 63.4. The van der Waals surface area contributed by atoms with Gasteiger partial charge in [-0.05, 0) is 75.3 Å². The Morgan fingerprint density at radius 2 is 0.907 bits per heavy atom. The fourth-order valence-corrected chi connectivity index (χ4v) is 7.58. The number of furan rings is 1. The van der Waals surface area contributed by atoms with Crippen LogP contribution in [0.15, 0.2) is 186 Å². The van der Waals surface area contributed by atoms with E-state index in [1.165, 1.54) is 27.8 Å². The van der Waals surface area contributed by atoms with E-state index >= 15 is 0 Å². The first-order valence-corrected chi connectivity index (χ1v) is 18.2. The van der Waals surface area contributed by atoms with Crippen molar-refractivity contribution < 1.29 is 4.42 Å². The number of rotatable bonds is 6. The van der Waals surface area contributed by atoms with Gasteiger partial charge in [-0.15, -0.1) is 0 Å². The lowest BCUT2D eigenvalue weighted by molar-refractivity contribution is 0.669. The van der Waals surface area contributed by atoms with Crippen LogP contribution in [0.4, 0.5) is 0 Å². The van der Waals surface area contributed by atoms with Crippen molar-refractivity contribution in [2.24, 2.45) is 0 Å². The van der Waals surface area contributed by atoms with Gasteiger partial charge in [-0.1, -0.05) is 163 Å². The Hall–Kier alpha value is -7.17. The van der Waals surface area contributed by atoms with Gasteiger partial charge in [0.15, 0.2) is 17.5 Å². The van der Waals surface area contributed by atoms with E-state index in [-0.39, 0.29) is 0 Å². The molecular weight excluding hydrogens is 659 g/mol. The Morgan fingerprint density at radius 1 is 0.333 bits per heavy atom. The molecule has 0 radical (unpaired) electrons. The third-order valence-corrected chi connectivity index (χ3v) is 10.2. The highest BCUT2D eigenvalue weighted by atomic mass is 16.3. The summed E-state index contributed by atoms with van der Waals surface area (Å²) in [5.41, 5.74) is 12.6. The first-order valence-electron chi connectivity index (χ1n) is 18.2. The minimum atomic E-state index is 0.588. The second kappa shape index (κ2) is 13.1. The Bertz CT molecular complexity index is 2990. The molecule has 8 aromatic carbocycles. The second-order valence-electron chi connectivity index (χ2n) is 13.7. The summed E-state index contributed by atoms with van der Waals surface area (Å²) in [5.74, 6) is 1.83. The number of aromatic nitrogens is 3. The Morgan fingerprint density at radius 3 is 1.67 bits per heavy atom. The zero-order valence-corrected chi connectivity index (χ0v) is 29.6. The summed E-state index contributed by atoms with van der Waals surface area (Å²) in [7, 11) is 0. The lowest BCUT2D eigenvalue weighted by Crippen LogP contribution is -2.00. The Balaban J connectivity index is 1.10. The van der Waals surface area contributed by atoms with Gasteiger partial charge >= 0.3 is 0 Å². The van der Waals surface area contributed by atoms with E-state index in [0.29, 0.717) is 17.5 Å². The molecule has 254 valence electrons. The SMILES string of the molecule is Cc1cccc(-c2ccc(-c3nc(-c4ccccc4)nc(-c4ccc5c(c4)oc4cccc(-c6ccc(-c7ccccc7)cc6)c45)n3)c3ccccc23)c1. The van der Waals surface area contributed by atoms with Gasteiger partial charge in [-0.2, -0.15) is 0 Å². The molecule has 0 aliphatic heterocycles. The molecule has 0 saturated heterocycles. The van der Waals surface area contributed by atoms with Crippen molar-refractivity contribution in [2.75, 3.05) is 0 Å². The van der Waals surface area contributed by atoms with Crippen LogP contribution >= 0.6 is 0 Å². The summed E-state index contributed by atoms with van der Waals surface area (Å²) >= 11 is 0. The summed E-state index contributed by atoms with van der Waals surface area (Å²) < 4.78 is 6.55. The molecule has 10 aromatic rings. The van der Waals surface area contributed by atoms with Gasteiger partial charge in [0.05, 0.1) is 0 Å². The zero-order valence-electron chi connectivity index (χ0n) is 29.6. The lowest BCUT2D eigenvalue weighted by Gasteiger charge is -2.13. The van der Waals surface area contributed by atoms with Gasteiger partial charge in [0.1, 0.15) is 11.2 Å². The van der Waals surface area contributed by atoms with Crippen molar-refractivity contribution in [3.05, 3.63) is 188 Å². The van der Waals surface area contributed by atoms with Gasteiger partial charge in [-0.25, -0.2) is 15.0 Å². The molecule has 54 heavy (non-hydrogen) atoms. The number of aryl methyl sites for hydroxylation is 1. The van der Waals surface area contributed by atoms with Crippen LogP contribution in [0.3, 0.4) is 0 Å². The first kappa shape index (κ1) is 31.6. The average Bonchev–Trinajstić information content (AvgIpc) is 3.62. The summed E-state index contributed by atoms with van der Waals surface area (Å²) in [4.78, 5) is 15.3. The van der Waals surface area contributed by atoms with E-state index in [9.17, 15) is 0 Å². The molecule has 0 aliphatic carbocycles. The molecule has 0 saturated carbocycles. The fraction of sp³-hybridized carbons (Fsp3) is 0.0200. The fourth-order valence-electron chi connectivity index (χ4n) is 7.58. The maximum absolute atomic E-state index is 6.55. The predicted octanol–water partition coefficient (Wildman–Crippen LogP) is 13.2. The van der Waals surface area contributed by atoms with Gasteiger partial charge in [0.2, 0.25) is 0 Å². The zero-order chi connectivity index (χ0) is 36.0. The van der Waals surface area contributed by atoms with Gasteiger partial charge in [-0.3, -0.25) is 0 Å². The standard InChI is InChI=1S/C50H33N3O/c1-32-12-10-17-37(30-32)39-28-29-43(42-19-9-8-18-41(39)42)50-52-48(36-15-6-3-7-16-36)51-49(53-50)38-26-27-44-46(31-38)54-45-21-11-20-40(47(44)45)35-24-22-34(23-25-35)33-13-4-2-5-14-33/h2-31H,1H3. The van der Waals surface area contributed by atoms with E-state index in [1.54, 1.807) is 0 Å². The maximum atomic E-state index is 6.55. The molecule has 0 fully saturated rings. The van der Waals surface area contributed by atoms with E-state index in [4.69, 9.17) is 19.4 Å². The number of fused-ring (bicyclic) bond motifs is 4. The third-order valence-electron chi connectivity index (χ3n) is 10.2. The minimum absolute atomic E-state index is 0.588. The Kier molecular flexibility index (Phi) is 7.66. The monoisotopic (exact) mass is 691 g/mol. The van der Waals surface area contributed by atoms with E-state index in [2.05, 4.69) is 146 Å². The molecule has 4 heteroatoms. The third kappa shape index (κ3) is 5.62. The highest BCUT2D eigenvalue weighted by Crippen LogP contribution is 2.40. The second-order valence-corrected chi connectivity index (χ2v) is 13.7. The molecule has 0 amide bonds. The molecule has 0 unspecified atom stereocenters. The lowest BCUT2D eigenvalue weighted by atomic mass is 9.94. The van der Waals surface area contributed by atoms with Crippen molar-refractivity contribution in [1.29, 1.82) is 0 Å². The molecule has 2 aromatic heterocycles. The van der Waals surface area contributed by atoms with Crippen molar-refractivity contribution in [1.82, 2.24) is 15.0 Å². The first-order chi connectivity index (χ1) is 26.7. The number of hydrogen-bond donors (Lipinski definition) is 0. The highest BCUT2D eigenvalue weighted by Gasteiger charge is 2.18. The molecule has 0 aliphatic rings. The quantitative estimate of drug-likeness (QED) is 0.174. The Labute approximate surface area is 313 Å². The molecule has 4 nitrogen and oxygen atoms in total. The number of hydrogen-bond acceptors (Lipinski definition) is 4. The van der Waals surface area contributed by atoms with Crippen LogP contribution < -0.4 is 0 Å². The van der Waals surface area contributed by atoms with Crippen LogP contribution in [-0.4, -0.2) is 15.0 Å². The van der Waals surface area contributed by atoms with Crippen LogP contribution in [0, 0.1) is 6.92 Å². The molecule has 0 N–H and O–H groups in total. The predicted molar refractivity (Wildman–Crippen MR) is 222 cm³/mol. The van der Waals surface area contributed by atoms with Crippen LogP contribution in [0.25, 0.3) is 100 Å². The van der Waals surface area contributed by atoms with Gasteiger partial charge in [0.25, 0.3) is 0 Å². The van der Waals surface area contributed by atoms with Crippen LogP contribution in [-0.2, 0) is 0 Å². The molecular formula is C50H33N3O. The molecule has 0 spiro atoms. The minimum Gasteiger partial charge on any atom is -0.456 e. The van der Waals surface area contributed by atoms with Crippen molar-refractivity contribution in [2.45, 2.75) is 6.92 Å². The van der Waals surface area contributed by atoms with Crippen LogP contribution in [0.5, 0.6) is 0 Å².